The van der Waals surface area contributed by atoms with Gasteiger partial charge in [0.25, 0.3) is 5.91 Å². The smallest absolute Gasteiger partial charge is 0.253 e. The second kappa shape index (κ2) is 10.2. The predicted molar refractivity (Wildman–Crippen MR) is 144 cm³/mol. The van der Waals surface area contributed by atoms with Crippen LogP contribution in [0.1, 0.15) is 32.7 Å². The summed E-state index contributed by atoms with van der Waals surface area (Å²) in [5.74, 6) is 6.15. The molecule has 3 aromatic heterocycles. The first-order chi connectivity index (χ1) is 17.9. The van der Waals surface area contributed by atoms with E-state index in [0.717, 1.165) is 33.4 Å². The maximum absolute atomic E-state index is 12.5. The maximum Gasteiger partial charge on any atom is 0.253 e. The average molecular weight is 556 g/mol. The van der Waals surface area contributed by atoms with E-state index in [9.17, 15) is 9.59 Å². The number of halogens is 1. The molecular weight excluding hydrogens is 534 g/mol. The zero-order chi connectivity index (χ0) is 25.9. The van der Waals surface area contributed by atoms with Gasteiger partial charge in [0, 0.05) is 48.1 Å². The minimum atomic E-state index is -0.157. The Morgan fingerprint density at radius 1 is 1.22 bits per heavy atom. The van der Waals surface area contributed by atoms with Crippen molar-refractivity contribution in [3.8, 4) is 23.2 Å². The average Bonchev–Trinajstić information content (AvgIpc) is 3.21. The molecule has 9 nitrogen and oxygen atoms in total. The number of amides is 2. The molecule has 2 amide bonds. The van der Waals surface area contributed by atoms with Crippen LogP contribution in [0.4, 0.5) is 11.6 Å². The van der Waals surface area contributed by atoms with Crippen molar-refractivity contribution in [3.05, 3.63) is 87.4 Å². The molecule has 1 aliphatic rings. The van der Waals surface area contributed by atoms with E-state index in [1.54, 1.807) is 24.7 Å². The number of anilines is 2. The zero-order valence-electron chi connectivity index (χ0n) is 19.9. The number of hydrogen-bond acceptors (Lipinski definition) is 6. The van der Waals surface area contributed by atoms with Gasteiger partial charge in [0.15, 0.2) is 0 Å². The minimum Gasteiger partial charge on any atom is -0.368 e. The monoisotopic (exact) mass is 555 g/mol. The van der Waals surface area contributed by atoms with Crippen LogP contribution in [-0.2, 0) is 24.7 Å². The molecule has 0 fully saturated rings. The summed E-state index contributed by atoms with van der Waals surface area (Å²) in [4.78, 5) is 37.4. The third-order valence-electron chi connectivity index (χ3n) is 5.92. The highest BCUT2D eigenvalue weighted by Crippen LogP contribution is 2.28. The lowest BCUT2D eigenvalue weighted by atomic mass is 10.1. The van der Waals surface area contributed by atoms with E-state index in [1.807, 2.05) is 41.9 Å². The van der Waals surface area contributed by atoms with E-state index < -0.39 is 0 Å². The van der Waals surface area contributed by atoms with E-state index in [0.29, 0.717) is 29.1 Å². The molecule has 0 spiro atoms. The van der Waals surface area contributed by atoms with Crippen LogP contribution in [0.5, 0.6) is 0 Å². The van der Waals surface area contributed by atoms with Gasteiger partial charge in [-0.05, 0) is 45.8 Å². The molecule has 4 aromatic rings. The van der Waals surface area contributed by atoms with Crippen LogP contribution in [0.2, 0.25) is 0 Å². The molecule has 10 heteroatoms. The molecule has 0 atom stereocenters. The Hall–Kier alpha value is -4.49. The molecule has 1 aromatic carbocycles. The van der Waals surface area contributed by atoms with Gasteiger partial charge in [-0.2, -0.15) is 0 Å². The molecule has 37 heavy (non-hydrogen) atoms. The molecule has 1 aliphatic heterocycles. The molecule has 4 N–H and O–H groups in total. The number of benzene rings is 1. The fourth-order valence-corrected chi connectivity index (χ4v) is 4.58. The molecule has 184 valence electrons. The Balaban J connectivity index is 1.40. The van der Waals surface area contributed by atoms with Gasteiger partial charge in [0.1, 0.15) is 5.69 Å². The number of fused-ring (bicyclic) bond motifs is 1. The molecule has 0 saturated heterocycles. The topological polar surface area (TPSA) is 128 Å². The lowest BCUT2D eigenvalue weighted by Gasteiger charge is -2.14. The van der Waals surface area contributed by atoms with Gasteiger partial charge in [-0.15, -0.1) is 0 Å². The molecule has 5 rings (SSSR count). The first kappa shape index (κ1) is 24.2. The largest absolute Gasteiger partial charge is 0.368 e. The predicted octanol–water partition coefficient (Wildman–Crippen LogP) is 3.09. The van der Waals surface area contributed by atoms with E-state index in [2.05, 4.69) is 53.4 Å². The fraction of sp³-hybridized carbons (Fsp3) is 0.148. The molecule has 0 aliphatic carbocycles. The third kappa shape index (κ3) is 5.37. The highest BCUT2D eigenvalue weighted by Gasteiger charge is 2.24. The van der Waals surface area contributed by atoms with Crippen LogP contribution < -0.4 is 16.4 Å². The first-order valence-corrected chi connectivity index (χ1v) is 12.3. The molecule has 0 bridgehead atoms. The molecule has 4 heterocycles. The highest BCUT2D eigenvalue weighted by atomic mass is 79.9. The van der Waals surface area contributed by atoms with E-state index >= 15 is 0 Å². The Bertz CT molecular complexity index is 1600. The lowest BCUT2D eigenvalue weighted by molar-refractivity contribution is -0.115. The highest BCUT2D eigenvalue weighted by molar-refractivity contribution is 9.10. The summed E-state index contributed by atoms with van der Waals surface area (Å²) in [7, 11) is 1.90. The minimum absolute atomic E-state index is 0.102. The summed E-state index contributed by atoms with van der Waals surface area (Å²) in [5.41, 5.74) is 11.5. The summed E-state index contributed by atoms with van der Waals surface area (Å²) in [6.45, 7) is 0.593. The molecule has 0 unspecified atom stereocenters. The Labute approximate surface area is 221 Å². The maximum atomic E-state index is 12.5. The van der Waals surface area contributed by atoms with Gasteiger partial charge >= 0.3 is 0 Å². The van der Waals surface area contributed by atoms with Gasteiger partial charge in [0.2, 0.25) is 11.9 Å². The first-order valence-electron chi connectivity index (χ1n) is 11.5. The molecule has 0 saturated carbocycles. The van der Waals surface area contributed by atoms with E-state index in [-0.39, 0.29) is 24.2 Å². The van der Waals surface area contributed by atoms with Crippen LogP contribution in [-0.4, -0.2) is 37.9 Å². The van der Waals surface area contributed by atoms with Gasteiger partial charge in [-0.1, -0.05) is 24.0 Å². The zero-order valence-corrected chi connectivity index (χ0v) is 21.5. The van der Waals surface area contributed by atoms with Crippen molar-refractivity contribution in [1.29, 1.82) is 0 Å². The van der Waals surface area contributed by atoms with Crippen LogP contribution in [0.3, 0.4) is 0 Å². The van der Waals surface area contributed by atoms with Gasteiger partial charge < -0.3 is 20.9 Å². The molecule has 0 radical (unpaired) electrons. The number of nitrogens with two attached hydrogens (primary N) is 1. The lowest BCUT2D eigenvalue weighted by Crippen LogP contribution is -2.31. The number of nitrogen functional groups attached to an aromatic ring is 1. The van der Waals surface area contributed by atoms with Gasteiger partial charge in [-0.3, -0.25) is 14.6 Å². The Kier molecular flexibility index (Phi) is 6.70. The number of nitrogens with one attached hydrogen (secondary N) is 2. The number of pyridine rings is 1. The Morgan fingerprint density at radius 2 is 2.08 bits per heavy atom. The fourth-order valence-electron chi connectivity index (χ4n) is 4.21. The van der Waals surface area contributed by atoms with Crippen molar-refractivity contribution in [3.63, 3.8) is 0 Å². The van der Waals surface area contributed by atoms with E-state index in [1.165, 1.54) is 0 Å². The van der Waals surface area contributed by atoms with Crippen LogP contribution in [0, 0.1) is 11.8 Å². The Morgan fingerprint density at radius 3 is 2.89 bits per heavy atom. The standard InChI is InChI=1S/C27H22BrN7O2/c1-35-22-7-8-31-26(37)21(22)12-23(35)25-18(13-32-27(29)34-25)6-5-16-3-2-4-17(9-16)10-24(36)33-20-11-19(28)14-30-15-20/h2-4,9,11-15H,7-8,10H2,1H3,(H,31,37)(H,33,36)(H2,29,32,34). The number of nitrogens with zero attached hydrogens (tertiary/aromatic N) is 4. The van der Waals surface area contributed by atoms with Crippen LogP contribution in [0.25, 0.3) is 11.4 Å². The number of rotatable bonds is 4. The second-order valence-electron chi connectivity index (χ2n) is 8.51. The van der Waals surface area contributed by atoms with Crippen molar-refractivity contribution in [2.24, 2.45) is 7.05 Å². The number of carbonyl (C=O) groups excluding carboxylic acids is 2. The van der Waals surface area contributed by atoms with Crippen LogP contribution in [0.15, 0.2) is 59.5 Å². The van der Waals surface area contributed by atoms with Crippen molar-refractivity contribution in [1.82, 2.24) is 24.8 Å². The van der Waals surface area contributed by atoms with Crippen molar-refractivity contribution in [2.45, 2.75) is 12.8 Å². The van der Waals surface area contributed by atoms with Crippen molar-refractivity contribution >= 4 is 39.4 Å². The summed E-state index contributed by atoms with van der Waals surface area (Å²) in [5, 5.41) is 5.71. The van der Waals surface area contributed by atoms with E-state index in [4.69, 9.17) is 5.73 Å². The number of hydrogen-bond donors (Lipinski definition) is 3. The van der Waals surface area contributed by atoms with Gasteiger partial charge in [0.05, 0.1) is 35.1 Å². The normalized spacial score (nSPS) is 12.2. The summed E-state index contributed by atoms with van der Waals surface area (Å²) in [6.07, 6.45) is 5.75. The van der Waals surface area contributed by atoms with Crippen molar-refractivity contribution in [2.75, 3.05) is 17.6 Å². The van der Waals surface area contributed by atoms with Crippen molar-refractivity contribution < 1.29 is 9.59 Å². The second-order valence-corrected chi connectivity index (χ2v) is 9.43. The number of aromatic nitrogens is 4. The van der Waals surface area contributed by atoms with Crippen LogP contribution >= 0.6 is 15.9 Å². The quantitative estimate of drug-likeness (QED) is 0.332. The summed E-state index contributed by atoms with van der Waals surface area (Å²) >= 11 is 3.35. The summed E-state index contributed by atoms with van der Waals surface area (Å²) in [6, 6.07) is 11.1. The third-order valence-corrected chi connectivity index (χ3v) is 6.36. The summed E-state index contributed by atoms with van der Waals surface area (Å²) < 4.78 is 2.74. The SMILES string of the molecule is Cn1c(-c2nc(N)ncc2C#Cc2cccc(CC(=O)Nc3cncc(Br)c3)c2)cc2c1CCNC2=O. The number of carbonyl (C=O) groups is 2. The van der Waals surface area contributed by atoms with Gasteiger partial charge in [-0.25, -0.2) is 9.97 Å². The molecular formula is C27H22BrN7O2.